The summed E-state index contributed by atoms with van der Waals surface area (Å²) in [6.07, 6.45) is 0. The van der Waals surface area contributed by atoms with Gasteiger partial charge in [-0.2, -0.15) is 5.26 Å². The van der Waals surface area contributed by atoms with Crippen LogP contribution in [0.1, 0.15) is 5.56 Å². The van der Waals surface area contributed by atoms with E-state index in [4.69, 9.17) is 5.73 Å². The number of benzene rings is 2. The number of aromatic nitrogens is 2. The normalized spacial score (nSPS) is 10.9. The number of nitrogen functional groups attached to an aromatic ring is 1. The molecule has 3 N–H and O–H groups in total. The van der Waals surface area contributed by atoms with E-state index in [0.29, 0.717) is 22.2 Å². The van der Waals surface area contributed by atoms with E-state index in [9.17, 15) is 10.1 Å². The van der Waals surface area contributed by atoms with Crippen LogP contribution in [0.2, 0.25) is 0 Å². The number of para-hydroxylation sites is 2. The summed E-state index contributed by atoms with van der Waals surface area (Å²) < 4.78 is 1.66. The van der Waals surface area contributed by atoms with Gasteiger partial charge in [-0.25, -0.2) is 0 Å². The highest BCUT2D eigenvalue weighted by molar-refractivity contribution is 5.94. The molecule has 0 bridgehead atoms. The first-order chi connectivity index (χ1) is 11.2. The minimum Gasteiger partial charge on any atom is -0.384 e. The minimum absolute atomic E-state index is 0.268. The van der Waals surface area contributed by atoms with Gasteiger partial charge in [0.1, 0.15) is 23.0 Å². The summed E-state index contributed by atoms with van der Waals surface area (Å²) in [4.78, 5) is 15.5. The maximum Gasteiger partial charge on any atom is 0.273 e. The molecule has 110 valence electrons. The van der Waals surface area contributed by atoms with Gasteiger partial charge >= 0.3 is 0 Å². The van der Waals surface area contributed by atoms with Crippen LogP contribution < -0.4 is 11.3 Å². The molecule has 0 saturated heterocycles. The standard InChI is InChI=1S/C18H12N4O/c19-10-12-15(11-6-2-1-3-7-11)16-18(23)21-13-8-4-5-9-14(13)22(16)17(12)20/h1-9H,20H2,(H,21,23). The zero-order chi connectivity index (χ0) is 16.0. The first-order valence-electron chi connectivity index (χ1n) is 7.13. The summed E-state index contributed by atoms with van der Waals surface area (Å²) in [5.74, 6) is 0.281. The largest absolute Gasteiger partial charge is 0.384 e. The van der Waals surface area contributed by atoms with Gasteiger partial charge < -0.3 is 10.7 Å². The molecular formula is C18H12N4O. The van der Waals surface area contributed by atoms with Gasteiger partial charge in [0, 0.05) is 5.56 Å². The van der Waals surface area contributed by atoms with Crippen LogP contribution in [0, 0.1) is 11.3 Å². The molecule has 2 aromatic carbocycles. The van der Waals surface area contributed by atoms with E-state index in [1.54, 1.807) is 4.40 Å². The SMILES string of the molecule is N#Cc1c(-c2ccccc2)c2c(=O)[nH]c3ccccc3n2c1N. The molecule has 0 atom stereocenters. The maximum absolute atomic E-state index is 12.6. The van der Waals surface area contributed by atoms with Crippen LogP contribution in [-0.2, 0) is 0 Å². The molecule has 0 aliphatic carbocycles. The number of aromatic amines is 1. The van der Waals surface area contributed by atoms with Crippen molar-refractivity contribution in [3.8, 4) is 17.2 Å². The number of hydrogen-bond acceptors (Lipinski definition) is 3. The summed E-state index contributed by atoms with van der Waals surface area (Å²) in [5, 5.41) is 9.57. The topological polar surface area (TPSA) is 87.1 Å². The second-order valence-electron chi connectivity index (χ2n) is 5.27. The van der Waals surface area contributed by atoms with Crippen molar-refractivity contribution in [1.29, 1.82) is 5.26 Å². The third-order valence-corrected chi connectivity index (χ3v) is 3.99. The molecule has 0 radical (unpaired) electrons. The van der Waals surface area contributed by atoms with Gasteiger partial charge in [-0.05, 0) is 17.7 Å². The second kappa shape index (κ2) is 4.75. The lowest BCUT2D eigenvalue weighted by Gasteiger charge is -2.05. The average Bonchev–Trinajstić information content (AvgIpc) is 2.89. The minimum atomic E-state index is -0.268. The Hall–Kier alpha value is -3.52. The molecule has 0 aliphatic rings. The second-order valence-corrected chi connectivity index (χ2v) is 5.27. The van der Waals surface area contributed by atoms with Crippen LogP contribution >= 0.6 is 0 Å². The van der Waals surface area contributed by atoms with Crippen molar-refractivity contribution in [2.24, 2.45) is 0 Å². The number of nitrogens with two attached hydrogens (primary N) is 1. The number of nitrogens with zero attached hydrogens (tertiary/aromatic N) is 2. The molecule has 0 saturated carbocycles. The van der Waals surface area contributed by atoms with E-state index in [-0.39, 0.29) is 11.4 Å². The molecule has 2 aromatic heterocycles. The Labute approximate surface area is 131 Å². The Bertz CT molecular complexity index is 1150. The molecule has 4 rings (SSSR count). The van der Waals surface area contributed by atoms with Gasteiger partial charge in [0.15, 0.2) is 0 Å². The third-order valence-electron chi connectivity index (χ3n) is 3.99. The van der Waals surface area contributed by atoms with E-state index in [0.717, 1.165) is 11.1 Å². The first kappa shape index (κ1) is 13.2. The van der Waals surface area contributed by atoms with Gasteiger partial charge in [0.25, 0.3) is 5.56 Å². The smallest absolute Gasteiger partial charge is 0.273 e. The summed E-state index contributed by atoms with van der Waals surface area (Å²) in [7, 11) is 0. The number of anilines is 1. The van der Waals surface area contributed by atoms with Crippen LogP contribution in [-0.4, -0.2) is 9.38 Å². The van der Waals surface area contributed by atoms with Crippen LogP contribution in [0.5, 0.6) is 0 Å². The Morgan fingerprint density at radius 2 is 1.74 bits per heavy atom. The molecular weight excluding hydrogens is 288 g/mol. The molecule has 23 heavy (non-hydrogen) atoms. The van der Waals surface area contributed by atoms with Crippen molar-refractivity contribution in [3.05, 3.63) is 70.5 Å². The van der Waals surface area contributed by atoms with Gasteiger partial charge in [-0.1, -0.05) is 42.5 Å². The molecule has 0 unspecified atom stereocenters. The van der Waals surface area contributed by atoms with E-state index < -0.39 is 0 Å². The maximum atomic E-state index is 12.6. The lowest BCUT2D eigenvalue weighted by atomic mass is 10.0. The Morgan fingerprint density at radius 3 is 2.48 bits per heavy atom. The monoisotopic (exact) mass is 300 g/mol. The van der Waals surface area contributed by atoms with E-state index >= 15 is 0 Å². The fraction of sp³-hybridized carbons (Fsp3) is 0. The van der Waals surface area contributed by atoms with E-state index in [2.05, 4.69) is 11.1 Å². The highest BCUT2D eigenvalue weighted by Gasteiger charge is 2.21. The van der Waals surface area contributed by atoms with E-state index in [1.165, 1.54) is 0 Å². The molecule has 0 amide bonds. The third kappa shape index (κ3) is 1.75. The Morgan fingerprint density at radius 1 is 1.04 bits per heavy atom. The number of hydrogen-bond donors (Lipinski definition) is 2. The number of fused-ring (bicyclic) bond motifs is 3. The van der Waals surface area contributed by atoms with Crippen molar-refractivity contribution in [1.82, 2.24) is 9.38 Å². The lowest BCUT2D eigenvalue weighted by molar-refractivity contribution is 1.19. The predicted octanol–water partition coefficient (Wildman–Crippen LogP) is 2.90. The molecule has 0 fully saturated rings. The highest BCUT2D eigenvalue weighted by atomic mass is 16.1. The summed E-state index contributed by atoms with van der Waals surface area (Å²) >= 11 is 0. The predicted molar refractivity (Wildman–Crippen MR) is 90.1 cm³/mol. The number of nitriles is 1. The quantitative estimate of drug-likeness (QED) is 0.566. The van der Waals surface area contributed by atoms with Gasteiger partial charge in [-0.3, -0.25) is 9.20 Å². The lowest BCUT2D eigenvalue weighted by Crippen LogP contribution is -2.11. The zero-order valence-electron chi connectivity index (χ0n) is 12.1. The van der Waals surface area contributed by atoms with Crippen LogP contribution in [0.4, 0.5) is 5.82 Å². The molecule has 2 heterocycles. The summed E-state index contributed by atoms with van der Waals surface area (Å²) in [5.41, 5.74) is 9.45. The van der Waals surface area contributed by atoms with Crippen molar-refractivity contribution >= 4 is 22.4 Å². The Balaban J connectivity index is 2.31. The molecule has 5 heteroatoms. The van der Waals surface area contributed by atoms with Crippen LogP contribution in [0.15, 0.2) is 59.4 Å². The summed E-state index contributed by atoms with van der Waals surface area (Å²) in [6, 6.07) is 18.9. The number of H-pyrrole nitrogens is 1. The first-order valence-corrected chi connectivity index (χ1v) is 7.13. The van der Waals surface area contributed by atoms with Gasteiger partial charge in [0.05, 0.1) is 11.0 Å². The summed E-state index contributed by atoms with van der Waals surface area (Å²) in [6.45, 7) is 0. The van der Waals surface area contributed by atoms with Crippen LogP contribution in [0.25, 0.3) is 27.7 Å². The molecule has 4 aromatic rings. The zero-order valence-corrected chi connectivity index (χ0v) is 12.1. The molecule has 0 spiro atoms. The molecule has 5 nitrogen and oxygen atoms in total. The number of nitrogens with one attached hydrogen (secondary N) is 1. The van der Waals surface area contributed by atoms with Crippen molar-refractivity contribution in [2.45, 2.75) is 0 Å². The van der Waals surface area contributed by atoms with Gasteiger partial charge in [0.2, 0.25) is 0 Å². The fourth-order valence-corrected chi connectivity index (χ4v) is 3.01. The number of rotatable bonds is 1. The van der Waals surface area contributed by atoms with Crippen LogP contribution in [0.3, 0.4) is 0 Å². The van der Waals surface area contributed by atoms with Gasteiger partial charge in [-0.15, -0.1) is 0 Å². The Kier molecular flexibility index (Phi) is 2.72. The average molecular weight is 300 g/mol. The van der Waals surface area contributed by atoms with E-state index in [1.807, 2.05) is 54.6 Å². The van der Waals surface area contributed by atoms with Crippen molar-refractivity contribution in [2.75, 3.05) is 5.73 Å². The molecule has 0 aliphatic heterocycles. The van der Waals surface area contributed by atoms with Crippen molar-refractivity contribution in [3.63, 3.8) is 0 Å². The fourth-order valence-electron chi connectivity index (χ4n) is 3.01. The highest BCUT2D eigenvalue weighted by Crippen LogP contribution is 2.34. The van der Waals surface area contributed by atoms with Crippen molar-refractivity contribution < 1.29 is 0 Å².